The molecule has 1 aromatic heterocycles. The van der Waals surface area contributed by atoms with Gasteiger partial charge >= 0.3 is 5.97 Å². The summed E-state index contributed by atoms with van der Waals surface area (Å²) in [4.78, 5) is 40.6. The van der Waals surface area contributed by atoms with Crippen molar-refractivity contribution >= 4 is 11.9 Å². The summed E-state index contributed by atoms with van der Waals surface area (Å²) in [6, 6.07) is 7.91. The molecule has 0 bridgehead atoms. The van der Waals surface area contributed by atoms with E-state index in [1.165, 1.54) is 12.3 Å². The number of hydrogen-bond acceptors (Lipinski definition) is 4. The minimum atomic E-state index is -1.23. The van der Waals surface area contributed by atoms with E-state index in [2.05, 4.69) is 5.32 Å². The van der Waals surface area contributed by atoms with Gasteiger partial charge in [-0.1, -0.05) is 32.0 Å². The van der Waals surface area contributed by atoms with Crippen LogP contribution in [0.1, 0.15) is 66.6 Å². The fourth-order valence-corrected chi connectivity index (χ4v) is 5.28. The van der Waals surface area contributed by atoms with Crippen LogP contribution in [0.15, 0.2) is 47.4 Å². The number of aromatic nitrogens is 1. The fraction of sp³-hybridized carbons (Fsp3) is 0.424. The van der Waals surface area contributed by atoms with Gasteiger partial charge in [-0.25, -0.2) is 8.78 Å². The molecule has 0 aliphatic heterocycles. The molecule has 2 aromatic carbocycles. The summed E-state index contributed by atoms with van der Waals surface area (Å²) in [5.41, 5.74) is 3.49. The zero-order valence-electron chi connectivity index (χ0n) is 25.4. The Hall–Kier alpha value is -3.85. The molecular formula is C33H41F2N3O4. The fourth-order valence-electron chi connectivity index (χ4n) is 5.28. The number of carbonyl (C=O) groups excluding carboxylic acids is 1. The number of aryl methyl sites for hydroxylation is 3. The van der Waals surface area contributed by atoms with Crippen LogP contribution >= 0.6 is 0 Å². The van der Waals surface area contributed by atoms with Crippen molar-refractivity contribution in [1.29, 1.82) is 0 Å². The number of rotatable bonds is 12. The first-order valence-corrected chi connectivity index (χ1v) is 14.1. The minimum absolute atomic E-state index is 0.0324. The molecule has 0 fully saturated rings. The molecule has 0 aliphatic carbocycles. The summed E-state index contributed by atoms with van der Waals surface area (Å²) < 4.78 is 31.5. The lowest BCUT2D eigenvalue weighted by Crippen LogP contribution is -2.41. The van der Waals surface area contributed by atoms with Crippen molar-refractivity contribution in [3.05, 3.63) is 92.4 Å². The Morgan fingerprint density at radius 2 is 1.67 bits per heavy atom. The maximum absolute atomic E-state index is 15.7. The highest BCUT2D eigenvalue weighted by atomic mass is 19.1. The largest absolute Gasteiger partial charge is 0.481 e. The topological polar surface area (TPSA) is 91.6 Å². The van der Waals surface area contributed by atoms with Crippen molar-refractivity contribution in [3.8, 4) is 11.1 Å². The van der Waals surface area contributed by atoms with Gasteiger partial charge in [0, 0.05) is 18.3 Å². The van der Waals surface area contributed by atoms with Gasteiger partial charge in [-0.3, -0.25) is 14.4 Å². The van der Waals surface area contributed by atoms with Gasteiger partial charge in [0.2, 0.25) is 5.91 Å². The molecule has 42 heavy (non-hydrogen) atoms. The van der Waals surface area contributed by atoms with E-state index in [1.54, 1.807) is 19.1 Å². The van der Waals surface area contributed by atoms with E-state index in [0.29, 0.717) is 29.7 Å². The van der Waals surface area contributed by atoms with Gasteiger partial charge in [0.05, 0.1) is 12.5 Å². The van der Waals surface area contributed by atoms with E-state index in [9.17, 15) is 23.9 Å². The molecular weight excluding hydrogens is 540 g/mol. The molecule has 1 heterocycles. The molecule has 3 aromatic rings. The van der Waals surface area contributed by atoms with Crippen molar-refractivity contribution in [1.82, 2.24) is 14.8 Å². The molecule has 0 spiro atoms. The lowest BCUT2D eigenvalue weighted by Gasteiger charge is -2.26. The molecule has 0 saturated heterocycles. The van der Waals surface area contributed by atoms with Crippen LogP contribution in [0.3, 0.4) is 0 Å². The summed E-state index contributed by atoms with van der Waals surface area (Å²) in [7, 11) is 3.75. The molecule has 226 valence electrons. The summed E-state index contributed by atoms with van der Waals surface area (Å²) >= 11 is 0. The molecule has 1 amide bonds. The second-order valence-electron chi connectivity index (χ2n) is 11.7. The number of carbonyl (C=O) groups is 2. The lowest BCUT2D eigenvalue weighted by atomic mass is 9.90. The van der Waals surface area contributed by atoms with Crippen LogP contribution < -0.4 is 10.9 Å². The minimum Gasteiger partial charge on any atom is -0.481 e. The van der Waals surface area contributed by atoms with Crippen molar-refractivity contribution in [2.24, 2.45) is 5.92 Å². The molecule has 0 aliphatic rings. The highest BCUT2D eigenvalue weighted by Gasteiger charge is 2.30. The average Bonchev–Trinajstić information content (AvgIpc) is 2.89. The number of likely N-dealkylation sites (N-methyl/N-ethyl adjacent to an activating group) is 1. The van der Waals surface area contributed by atoms with Gasteiger partial charge in [0.1, 0.15) is 11.9 Å². The quantitative estimate of drug-likeness (QED) is 0.285. The van der Waals surface area contributed by atoms with Crippen molar-refractivity contribution < 1.29 is 23.5 Å². The lowest BCUT2D eigenvalue weighted by molar-refractivity contribution is -0.138. The van der Waals surface area contributed by atoms with E-state index in [0.717, 1.165) is 21.3 Å². The van der Waals surface area contributed by atoms with Gasteiger partial charge < -0.3 is 19.9 Å². The Bertz CT molecular complexity index is 1490. The van der Waals surface area contributed by atoms with Crippen LogP contribution in [0.2, 0.25) is 0 Å². The maximum atomic E-state index is 15.7. The van der Waals surface area contributed by atoms with E-state index < -0.39 is 47.6 Å². The number of carboxylic acid groups (broad SMARTS) is 1. The summed E-state index contributed by atoms with van der Waals surface area (Å²) in [5.74, 6) is -3.58. The first-order chi connectivity index (χ1) is 19.7. The van der Waals surface area contributed by atoms with Crippen LogP contribution in [0.4, 0.5) is 8.78 Å². The maximum Gasteiger partial charge on any atom is 0.305 e. The number of aliphatic carboxylic acids is 1. The Morgan fingerprint density at radius 3 is 2.24 bits per heavy atom. The van der Waals surface area contributed by atoms with Gasteiger partial charge in [0.15, 0.2) is 5.82 Å². The van der Waals surface area contributed by atoms with Gasteiger partial charge in [-0.05, 0) is 105 Å². The first-order valence-electron chi connectivity index (χ1n) is 14.1. The third-order valence-electron chi connectivity index (χ3n) is 7.36. The summed E-state index contributed by atoms with van der Waals surface area (Å²) in [6.45, 7) is 9.81. The zero-order chi connectivity index (χ0) is 31.3. The van der Waals surface area contributed by atoms with Crippen LogP contribution in [0.5, 0.6) is 0 Å². The Balaban J connectivity index is 2.10. The third-order valence-corrected chi connectivity index (χ3v) is 7.36. The molecule has 9 heteroatoms. The highest BCUT2D eigenvalue weighted by molar-refractivity contribution is 5.82. The summed E-state index contributed by atoms with van der Waals surface area (Å²) in [5, 5.41) is 12.4. The molecule has 0 saturated carbocycles. The van der Waals surface area contributed by atoms with Crippen LogP contribution in [0.25, 0.3) is 11.1 Å². The van der Waals surface area contributed by atoms with E-state index >= 15 is 4.39 Å². The van der Waals surface area contributed by atoms with Gasteiger partial charge in [-0.15, -0.1) is 0 Å². The van der Waals surface area contributed by atoms with Gasteiger partial charge in [0.25, 0.3) is 5.56 Å². The standard InChI is InChI=1S/C33H41F2N3O4/c1-19(2)13-28(38-18-23(11-12-37(6)7)15-26(34)33(38)42)32(41)36-27(17-29(39)40)25-16-24(14-22(5)31(25)35)30-20(3)9-8-10-21(30)4/h8-10,14-16,18-19,27-28H,11-13,17H2,1-7H3,(H,36,41)(H,39,40)/t27-,28?/m0/s1. The number of halogens is 2. The Labute approximate surface area is 246 Å². The van der Waals surface area contributed by atoms with Crippen LogP contribution in [0, 0.1) is 38.3 Å². The predicted octanol–water partition coefficient (Wildman–Crippen LogP) is 5.74. The number of nitrogens with zero attached hydrogens (tertiary/aromatic N) is 2. The predicted molar refractivity (Wildman–Crippen MR) is 161 cm³/mol. The molecule has 1 unspecified atom stereocenters. The van der Waals surface area contributed by atoms with Crippen LogP contribution in [-0.2, 0) is 16.0 Å². The van der Waals surface area contributed by atoms with E-state index in [4.69, 9.17) is 0 Å². The van der Waals surface area contributed by atoms with Crippen molar-refractivity contribution in [2.45, 2.75) is 66.0 Å². The average molecular weight is 582 g/mol. The zero-order valence-corrected chi connectivity index (χ0v) is 25.4. The number of nitrogens with one attached hydrogen (secondary N) is 1. The normalized spacial score (nSPS) is 12.9. The molecule has 2 N–H and O–H groups in total. The SMILES string of the molecule is Cc1cc(-c2c(C)cccc2C)cc([C@H](CC(=O)O)NC(=O)C(CC(C)C)n2cc(CCN(C)C)cc(F)c2=O)c1F. The number of benzene rings is 2. The van der Waals surface area contributed by atoms with E-state index in [1.807, 2.05) is 64.9 Å². The smallest absolute Gasteiger partial charge is 0.305 e. The Kier molecular flexibility index (Phi) is 10.8. The second kappa shape index (κ2) is 13.9. The number of carboxylic acids is 1. The van der Waals surface area contributed by atoms with Gasteiger partial charge in [-0.2, -0.15) is 0 Å². The van der Waals surface area contributed by atoms with Crippen LogP contribution in [-0.4, -0.2) is 47.1 Å². The number of hydrogen-bond donors (Lipinski definition) is 2. The number of amides is 1. The first kappa shape index (κ1) is 32.7. The number of pyridine rings is 1. The van der Waals surface area contributed by atoms with Crippen molar-refractivity contribution in [3.63, 3.8) is 0 Å². The Morgan fingerprint density at radius 1 is 1.02 bits per heavy atom. The molecule has 7 nitrogen and oxygen atoms in total. The highest BCUT2D eigenvalue weighted by Crippen LogP contribution is 2.33. The monoisotopic (exact) mass is 581 g/mol. The third kappa shape index (κ3) is 7.91. The molecule has 3 rings (SSSR count). The molecule has 0 radical (unpaired) electrons. The van der Waals surface area contributed by atoms with Crippen molar-refractivity contribution in [2.75, 3.05) is 20.6 Å². The molecule has 2 atom stereocenters. The van der Waals surface area contributed by atoms with E-state index in [-0.39, 0.29) is 17.9 Å². The summed E-state index contributed by atoms with van der Waals surface area (Å²) in [6.07, 6.45) is 1.54. The second-order valence-corrected chi connectivity index (χ2v) is 11.7.